The van der Waals surface area contributed by atoms with E-state index in [2.05, 4.69) is 10.0 Å². The van der Waals surface area contributed by atoms with Gasteiger partial charge in [-0.15, -0.1) is 0 Å². The number of nitrogens with zero attached hydrogens (tertiary/aromatic N) is 3. The first-order valence-corrected chi connectivity index (χ1v) is 8.24. The van der Waals surface area contributed by atoms with Crippen LogP contribution in [0, 0.1) is 0 Å². The Labute approximate surface area is 113 Å². The Hall–Kier alpha value is -1.52. The summed E-state index contributed by atoms with van der Waals surface area (Å²) in [5.41, 5.74) is 9.05. The highest BCUT2D eigenvalue weighted by atomic mass is 32.2. The Kier molecular flexibility index (Phi) is 3.83. The van der Waals surface area contributed by atoms with Crippen molar-refractivity contribution in [3.63, 3.8) is 0 Å². The van der Waals surface area contributed by atoms with Gasteiger partial charge in [-0.2, -0.15) is 0 Å². The smallest absolute Gasteiger partial charge is 0.175 e. The molecule has 102 valence electrons. The van der Waals surface area contributed by atoms with Gasteiger partial charge in [0.1, 0.15) is 0 Å². The van der Waals surface area contributed by atoms with Crippen molar-refractivity contribution in [3.8, 4) is 0 Å². The van der Waals surface area contributed by atoms with Gasteiger partial charge in [0, 0.05) is 11.2 Å². The lowest BCUT2D eigenvalue weighted by molar-refractivity contribution is 0.301. The van der Waals surface area contributed by atoms with E-state index in [1.807, 2.05) is 6.07 Å². The zero-order chi connectivity index (χ0) is 13.9. The quantitative estimate of drug-likeness (QED) is 0.481. The van der Waals surface area contributed by atoms with Crippen molar-refractivity contribution >= 4 is 9.84 Å². The van der Waals surface area contributed by atoms with Crippen molar-refractivity contribution < 1.29 is 8.42 Å². The molecule has 6 heteroatoms. The number of hydrogen-bond donors (Lipinski definition) is 0. The summed E-state index contributed by atoms with van der Waals surface area (Å²) >= 11 is 0. The summed E-state index contributed by atoms with van der Waals surface area (Å²) in [7, 11) is -3.24. The highest BCUT2D eigenvalue weighted by Gasteiger charge is 2.33. The molecule has 0 aliphatic heterocycles. The lowest BCUT2D eigenvalue weighted by atomic mass is 9.77. The Morgan fingerprint density at radius 3 is 2.53 bits per heavy atom. The van der Waals surface area contributed by atoms with E-state index in [9.17, 15) is 8.42 Å². The van der Waals surface area contributed by atoms with Gasteiger partial charge in [0.15, 0.2) is 9.84 Å². The van der Waals surface area contributed by atoms with Crippen LogP contribution in [0.25, 0.3) is 10.4 Å². The van der Waals surface area contributed by atoms with E-state index < -0.39 is 15.4 Å². The zero-order valence-corrected chi connectivity index (χ0v) is 11.7. The fourth-order valence-corrected chi connectivity index (χ4v) is 3.35. The van der Waals surface area contributed by atoms with E-state index in [0.29, 0.717) is 0 Å². The first-order chi connectivity index (χ1) is 8.98. The van der Waals surface area contributed by atoms with Crippen molar-refractivity contribution in [2.75, 3.05) is 6.26 Å². The van der Waals surface area contributed by atoms with E-state index in [1.165, 1.54) is 6.26 Å². The normalized spacial score (nSPS) is 18.6. The molecule has 0 radical (unpaired) electrons. The second-order valence-electron chi connectivity index (χ2n) is 5.08. The van der Waals surface area contributed by atoms with Gasteiger partial charge in [-0.25, -0.2) is 8.42 Å². The predicted octanol–water partition coefficient (Wildman–Crippen LogP) is 3.56. The van der Waals surface area contributed by atoms with Crippen LogP contribution < -0.4 is 0 Å². The van der Waals surface area contributed by atoms with Gasteiger partial charge in [-0.3, -0.25) is 0 Å². The van der Waals surface area contributed by atoms with Gasteiger partial charge >= 0.3 is 0 Å². The van der Waals surface area contributed by atoms with E-state index >= 15 is 0 Å². The molecular formula is C13H17N3O2S. The highest BCUT2D eigenvalue weighted by molar-refractivity contribution is 7.90. The van der Waals surface area contributed by atoms with Crippen LogP contribution in [0.4, 0.5) is 0 Å². The molecule has 0 heterocycles. The third kappa shape index (κ3) is 2.91. The van der Waals surface area contributed by atoms with Crippen molar-refractivity contribution in [3.05, 3.63) is 40.3 Å². The average molecular weight is 279 g/mol. The minimum absolute atomic E-state index is 0.281. The minimum Gasteiger partial charge on any atom is -0.224 e. The standard InChI is InChI=1S/C13H17N3O2S/c1-19(17,18)12-7-5-6-11(10-12)13(15-16-14)8-3-2-4-9-13/h5-7,10H,2-4,8-9H2,1H3. The fourth-order valence-electron chi connectivity index (χ4n) is 2.68. The SMILES string of the molecule is CS(=O)(=O)c1cccc(C2(N=[N+]=[N-])CCCCC2)c1. The molecule has 5 nitrogen and oxygen atoms in total. The summed E-state index contributed by atoms with van der Waals surface area (Å²) < 4.78 is 23.3. The number of azide groups is 1. The molecule has 1 aliphatic rings. The average Bonchev–Trinajstić information content (AvgIpc) is 2.39. The minimum atomic E-state index is -3.24. The molecule has 0 saturated heterocycles. The fraction of sp³-hybridized carbons (Fsp3) is 0.538. The summed E-state index contributed by atoms with van der Waals surface area (Å²) in [6.45, 7) is 0. The molecular weight excluding hydrogens is 262 g/mol. The summed E-state index contributed by atoms with van der Waals surface area (Å²) in [6.07, 6.45) is 5.89. The third-order valence-corrected chi connectivity index (χ3v) is 4.83. The summed E-state index contributed by atoms with van der Waals surface area (Å²) in [5.74, 6) is 0. The lowest BCUT2D eigenvalue weighted by Gasteiger charge is -2.33. The summed E-state index contributed by atoms with van der Waals surface area (Å²) in [4.78, 5) is 3.26. The van der Waals surface area contributed by atoms with Crippen molar-refractivity contribution in [1.29, 1.82) is 0 Å². The van der Waals surface area contributed by atoms with E-state index in [4.69, 9.17) is 5.53 Å². The molecule has 19 heavy (non-hydrogen) atoms. The third-order valence-electron chi connectivity index (χ3n) is 3.72. The molecule has 0 aromatic heterocycles. The number of rotatable bonds is 3. The van der Waals surface area contributed by atoms with Gasteiger partial charge in [0.2, 0.25) is 0 Å². The second-order valence-corrected chi connectivity index (χ2v) is 7.10. The zero-order valence-electron chi connectivity index (χ0n) is 10.9. The van der Waals surface area contributed by atoms with Crippen LogP contribution in [-0.4, -0.2) is 14.7 Å². The molecule has 0 spiro atoms. The van der Waals surface area contributed by atoms with Crippen LogP contribution in [0.15, 0.2) is 34.3 Å². The van der Waals surface area contributed by atoms with Crippen molar-refractivity contribution in [2.45, 2.75) is 42.5 Å². The molecule has 0 N–H and O–H groups in total. The van der Waals surface area contributed by atoms with E-state index in [-0.39, 0.29) is 4.90 Å². The molecule has 0 bridgehead atoms. The second kappa shape index (κ2) is 5.23. The molecule has 2 rings (SSSR count). The maximum absolute atomic E-state index is 11.6. The van der Waals surface area contributed by atoms with Gasteiger partial charge in [0.05, 0.1) is 10.4 Å². The topological polar surface area (TPSA) is 82.9 Å². The van der Waals surface area contributed by atoms with Gasteiger partial charge in [-0.05, 0) is 36.1 Å². The highest BCUT2D eigenvalue weighted by Crippen LogP contribution is 2.41. The summed E-state index contributed by atoms with van der Waals surface area (Å²) in [6, 6.07) is 6.80. The van der Waals surface area contributed by atoms with E-state index in [0.717, 1.165) is 37.7 Å². The lowest BCUT2D eigenvalue weighted by Crippen LogP contribution is -2.26. The first kappa shape index (κ1) is 13.9. The number of hydrogen-bond acceptors (Lipinski definition) is 3. The van der Waals surface area contributed by atoms with Crippen LogP contribution in [-0.2, 0) is 15.4 Å². The summed E-state index contributed by atoms with van der Waals surface area (Å²) in [5, 5.41) is 3.99. The Bertz CT molecular complexity index is 613. The Balaban J connectivity index is 2.51. The van der Waals surface area contributed by atoms with Crippen molar-refractivity contribution in [1.82, 2.24) is 0 Å². The molecule has 1 aromatic carbocycles. The van der Waals surface area contributed by atoms with Crippen LogP contribution in [0.5, 0.6) is 0 Å². The predicted molar refractivity (Wildman–Crippen MR) is 73.5 cm³/mol. The Morgan fingerprint density at radius 2 is 1.95 bits per heavy atom. The van der Waals surface area contributed by atoms with Crippen molar-refractivity contribution in [2.24, 2.45) is 5.11 Å². The number of benzene rings is 1. The maximum atomic E-state index is 11.6. The van der Waals surface area contributed by atoms with Gasteiger partial charge in [0.25, 0.3) is 0 Å². The van der Waals surface area contributed by atoms with Crippen LogP contribution in [0.2, 0.25) is 0 Å². The van der Waals surface area contributed by atoms with E-state index in [1.54, 1.807) is 18.2 Å². The van der Waals surface area contributed by atoms with Gasteiger partial charge < -0.3 is 0 Å². The first-order valence-electron chi connectivity index (χ1n) is 6.35. The molecule has 0 unspecified atom stereocenters. The molecule has 1 aliphatic carbocycles. The monoisotopic (exact) mass is 279 g/mol. The molecule has 0 atom stereocenters. The van der Waals surface area contributed by atoms with Gasteiger partial charge in [-0.1, -0.05) is 36.5 Å². The van der Waals surface area contributed by atoms with Crippen LogP contribution >= 0.6 is 0 Å². The molecule has 1 aromatic rings. The molecule has 1 fully saturated rings. The van der Waals surface area contributed by atoms with Crippen LogP contribution in [0.3, 0.4) is 0 Å². The number of sulfone groups is 1. The Morgan fingerprint density at radius 1 is 1.26 bits per heavy atom. The molecule has 0 amide bonds. The largest absolute Gasteiger partial charge is 0.224 e. The van der Waals surface area contributed by atoms with Crippen LogP contribution in [0.1, 0.15) is 37.7 Å². The maximum Gasteiger partial charge on any atom is 0.175 e. The molecule has 1 saturated carbocycles.